The Balaban J connectivity index is 1.90. The van der Waals surface area contributed by atoms with Crippen LogP contribution in [0.1, 0.15) is 15.9 Å². The van der Waals surface area contributed by atoms with Crippen LogP contribution in [-0.4, -0.2) is 17.1 Å². The maximum Gasteiger partial charge on any atom is 0.387 e. The topological polar surface area (TPSA) is 60.3 Å². The molecule has 0 atom stereocenters. The minimum atomic E-state index is -2.97. The van der Waals surface area contributed by atoms with Crippen LogP contribution < -0.4 is 15.6 Å². The average molecular weight is 437 g/mol. The molecule has 1 heterocycles. The Morgan fingerprint density at radius 3 is 2.70 bits per heavy atom. The number of para-hydroxylation sites is 1. The number of aryl methyl sites for hydroxylation is 1. The predicted octanol–water partition coefficient (Wildman–Crippen LogP) is 3.83. The zero-order valence-electron chi connectivity index (χ0n) is 14.2. The van der Waals surface area contributed by atoms with Gasteiger partial charge < -0.3 is 14.6 Å². The molecule has 0 saturated heterocycles. The van der Waals surface area contributed by atoms with Crippen molar-refractivity contribution in [1.82, 2.24) is 9.88 Å². The molecule has 0 spiro atoms. The first-order valence-corrected chi connectivity index (χ1v) is 8.76. The zero-order chi connectivity index (χ0) is 19.6. The van der Waals surface area contributed by atoms with Crippen LogP contribution in [0.3, 0.4) is 0 Å². The number of hydrogen-bond acceptors (Lipinski definition) is 3. The van der Waals surface area contributed by atoms with Crippen molar-refractivity contribution in [3.63, 3.8) is 0 Å². The number of halogens is 3. The molecule has 5 nitrogen and oxygen atoms in total. The van der Waals surface area contributed by atoms with Crippen LogP contribution >= 0.6 is 15.9 Å². The van der Waals surface area contributed by atoms with Crippen LogP contribution in [-0.2, 0) is 13.6 Å². The van der Waals surface area contributed by atoms with E-state index in [1.807, 2.05) is 0 Å². The van der Waals surface area contributed by atoms with Crippen molar-refractivity contribution in [2.24, 2.45) is 7.05 Å². The molecule has 27 heavy (non-hydrogen) atoms. The Hall–Kier alpha value is -2.74. The summed E-state index contributed by atoms with van der Waals surface area (Å²) in [4.78, 5) is 24.8. The normalized spacial score (nSPS) is 11.0. The smallest absolute Gasteiger partial charge is 0.387 e. The first-order valence-electron chi connectivity index (χ1n) is 7.97. The Bertz CT molecular complexity index is 1070. The second-order valence-corrected chi connectivity index (χ2v) is 6.70. The van der Waals surface area contributed by atoms with Crippen molar-refractivity contribution >= 4 is 32.7 Å². The molecule has 3 rings (SSSR count). The van der Waals surface area contributed by atoms with E-state index < -0.39 is 12.5 Å². The first-order chi connectivity index (χ1) is 12.9. The molecular weight excluding hydrogens is 422 g/mol. The number of amides is 1. The summed E-state index contributed by atoms with van der Waals surface area (Å²) in [7, 11) is 1.63. The van der Waals surface area contributed by atoms with Crippen LogP contribution in [0.15, 0.2) is 57.8 Å². The monoisotopic (exact) mass is 436 g/mol. The van der Waals surface area contributed by atoms with E-state index in [1.54, 1.807) is 43.4 Å². The fourth-order valence-corrected chi connectivity index (χ4v) is 3.17. The van der Waals surface area contributed by atoms with Crippen LogP contribution in [0.2, 0.25) is 0 Å². The van der Waals surface area contributed by atoms with Gasteiger partial charge >= 0.3 is 6.61 Å². The van der Waals surface area contributed by atoms with E-state index in [0.717, 1.165) is 0 Å². The van der Waals surface area contributed by atoms with Gasteiger partial charge in [0.1, 0.15) is 5.75 Å². The number of carbonyl (C=O) groups excluding carboxylic acids is 1. The lowest BCUT2D eigenvalue weighted by Gasteiger charge is -2.13. The van der Waals surface area contributed by atoms with E-state index in [0.29, 0.717) is 20.9 Å². The van der Waals surface area contributed by atoms with Crippen LogP contribution in [0, 0.1) is 0 Å². The predicted molar refractivity (Wildman–Crippen MR) is 101 cm³/mol. The number of nitrogens with one attached hydrogen (secondary N) is 1. The molecule has 140 valence electrons. The summed E-state index contributed by atoms with van der Waals surface area (Å²) in [6.45, 7) is -3.01. The van der Waals surface area contributed by atoms with E-state index in [9.17, 15) is 18.4 Å². The van der Waals surface area contributed by atoms with Gasteiger partial charge in [0.15, 0.2) is 0 Å². The number of fused-ring (bicyclic) bond motifs is 1. The molecule has 0 aliphatic heterocycles. The molecule has 0 aliphatic carbocycles. The summed E-state index contributed by atoms with van der Waals surface area (Å²) in [5.74, 6) is -0.505. The molecule has 0 fully saturated rings. The molecule has 0 unspecified atom stereocenters. The van der Waals surface area contributed by atoms with Gasteiger partial charge in [0, 0.05) is 35.1 Å². The fourth-order valence-electron chi connectivity index (χ4n) is 2.77. The Kier molecular flexibility index (Phi) is 5.55. The lowest BCUT2D eigenvalue weighted by molar-refractivity contribution is -0.0504. The van der Waals surface area contributed by atoms with Crippen LogP contribution in [0.5, 0.6) is 5.75 Å². The third-order valence-corrected chi connectivity index (χ3v) is 4.57. The van der Waals surface area contributed by atoms with Gasteiger partial charge in [-0.1, -0.05) is 34.1 Å². The Labute approximate surface area is 161 Å². The van der Waals surface area contributed by atoms with Crippen molar-refractivity contribution in [3.05, 3.63) is 74.5 Å². The number of nitrogens with zero attached hydrogens (tertiary/aromatic N) is 1. The van der Waals surface area contributed by atoms with Crippen molar-refractivity contribution in [2.75, 3.05) is 0 Å². The van der Waals surface area contributed by atoms with E-state index in [2.05, 4.69) is 26.0 Å². The summed E-state index contributed by atoms with van der Waals surface area (Å²) in [5.41, 5.74) is 0.911. The number of ether oxygens (including phenoxy) is 1. The van der Waals surface area contributed by atoms with Gasteiger partial charge in [0.2, 0.25) is 0 Å². The number of benzene rings is 2. The van der Waals surface area contributed by atoms with Crippen molar-refractivity contribution in [2.45, 2.75) is 13.2 Å². The molecule has 0 saturated carbocycles. The first kappa shape index (κ1) is 19.0. The number of hydrogen-bond donors (Lipinski definition) is 1. The maximum absolute atomic E-state index is 12.7. The minimum Gasteiger partial charge on any atom is -0.434 e. The quantitative estimate of drug-likeness (QED) is 0.660. The van der Waals surface area contributed by atoms with Crippen LogP contribution in [0.4, 0.5) is 8.78 Å². The highest BCUT2D eigenvalue weighted by atomic mass is 79.9. The van der Waals surface area contributed by atoms with Crippen molar-refractivity contribution in [3.8, 4) is 5.75 Å². The van der Waals surface area contributed by atoms with Crippen molar-refractivity contribution < 1.29 is 18.3 Å². The largest absolute Gasteiger partial charge is 0.434 e. The average Bonchev–Trinajstić information content (AvgIpc) is 2.64. The fraction of sp³-hybridized carbons (Fsp3) is 0.158. The lowest BCUT2D eigenvalue weighted by Crippen LogP contribution is -2.27. The van der Waals surface area contributed by atoms with Gasteiger partial charge in [-0.15, -0.1) is 0 Å². The summed E-state index contributed by atoms with van der Waals surface area (Å²) < 4.78 is 31.7. The molecule has 0 aliphatic rings. The Morgan fingerprint density at radius 2 is 1.96 bits per heavy atom. The third-order valence-electron chi connectivity index (χ3n) is 4.08. The van der Waals surface area contributed by atoms with E-state index in [-0.39, 0.29) is 23.4 Å². The van der Waals surface area contributed by atoms with Gasteiger partial charge in [-0.25, -0.2) is 0 Å². The van der Waals surface area contributed by atoms with E-state index in [1.165, 1.54) is 16.7 Å². The highest BCUT2D eigenvalue weighted by Crippen LogP contribution is 2.25. The molecule has 2 aromatic carbocycles. The number of aromatic nitrogens is 1. The molecule has 1 amide bonds. The highest BCUT2D eigenvalue weighted by Gasteiger charge is 2.15. The number of carbonyl (C=O) groups is 1. The second kappa shape index (κ2) is 7.87. The second-order valence-electron chi connectivity index (χ2n) is 5.79. The van der Waals surface area contributed by atoms with Crippen molar-refractivity contribution in [1.29, 1.82) is 0 Å². The summed E-state index contributed by atoms with van der Waals surface area (Å²) in [6, 6.07) is 12.8. The molecule has 1 aromatic heterocycles. The summed E-state index contributed by atoms with van der Waals surface area (Å²) in [5, 5.41) is 3.28. The standard InChI is InChI=1S/C19H15BrF2N2O3/c1-24-15-5-3-2-4-13(15)14(9-17(24)25)18(26)23-10-11-8-12(20)6-7-16(11)27-19(21)22/h2-9,19H,10H2,1H3,(H,23,26). The van der Waals surface area contributed by atoms with E-state index in [4.69, 9.17) is 0 Å². The number of pyridine rings is 1. The van der Waals surface area contributed by atoms with Gasteiger partial charge in [-0.3, -0.25) is 9.59 Å². The lowest BCUT2D eigenvalue weighted by atomic mass is 10.1. The van der Waals surface area contributed by atoms with Gasteiger partial charge in [0.05, 0.1) is 11.1 Å². The number of rotatable bonds is 5. The third kappa shape index (κ3) is 4.16. The molecule has 1 N–H and O–H groups in total. The summed E-state index contributed by atoms with van der Waals surface area (Å²) >= 11 is 3.26. The Morgan fingerprint density at radius 1 is 1.22 bits per heavy atom. The molecule has 0 radical (unpaired) electrons. The summed E-state index contributed by atoms with van der Waals surface area (Å²) in [6.07, 6.45) is 0. The zero-order valence-corrected chi connectivity index (χ0v) is 15.8. The van der Waals surface area contributed by atoms with E-state index >= 15 is 0 Å². The van der Waals surface area contributed by atoms with Gasteiger partial charge in [-0.05, 0) is 24.3 Å². The van der Waals surface area contributed by atoms with Gasteiger partial charge in [-0.2, -0.15) is 8.78 Å². The SMILES string of the molecule is Cn1c(=O)cc(C(=O)NCc2cc(Br)ccc2OC(F)F)c2ccccc21. The van der Waals surface area contributed by atoms with Crippen LogP contribution in [0.25, 0.3) is 10.9 Å². The van der Waals surface area contributed by atoms with Gasteiger partial charge in [0.25, 0.3) is 11.5 Å². The number of alkyl halides is 2. The molecule has 8 heteroatoms. The highest BCUT2D eigenvalue weighted by molar-refractivity contribution is 9.10. The molecule has 3 aromatic rings. The maximum atomic E-state index is 12.7. The minimum absolute atomic E-state index is 0.0256. The molecular formula is C19H15BrF2N2O3. The molecule has 0 bridgehead atoms.